The third-order valence-corrected chi connectivity index (χ3v) is 3.14. The zero-order chi connectivity index (χ0) is 10.6. The first-order valence-electron chi connectivity index (χ1n) is 5.39. The summed E-state index contributed by atoms with van der Waals surface area (Å²) < 4.78 is 0. The predicted molar refractivity (Wildman–Crippen MR) is 63.9 cm³/mol. The van der Waals surface area contributed by atoms with Gasteiger partial charge < -0.3 is 0 Å². The van der Waals surface area contributed by atoms with Gasteiger partial charge in [-0.3, -0.25) is 0 Å². The van der Waals surface area contributed by atoms with Crippen LogP contribution in [0.3, 0.4) is 0 Å². The lowest BCUT2D eigenvalue weighted by atomic mass is 9.90. The normalized spacial score (nSPS) is 15.1. The van der Waals surface area contributed by atoms with Gasteiger partial charge in [-0.25, -0.2) is 0 Å². The molecule has 0 aliphatic carbocycles. The highest BCUT2D eigenvalue weighted by atomic mass is 35.5. The summed E-state index contributed by atoms with van der Waals surface area (Å²) >= 11 is 5.85. The molecule has 0 aliphatic rings. The Labute approximate surface area is 92.3 Å². The van der Waals surface area contributed by atoms with Crippen molar-refractivity contribution in [3.8, 4) is 0 Å². The van der Waals surface area contributed by atoms with E-state index in [1.807, 2.05) is 12.1 Å². The summed E-state index contributed by atoms with van der Waals surface area (Å²) in [6.45, 7) is 6.85. The molecule has 1 aromatic carbocycles. The van der Waals surface area contributed by atoms with Crippen molar-refractivity contribution in [1.29, 1.82) is 0 Å². The van der Waals surface area contributed by atoms with Gasteiger partial charge in [-0.2, -0.15) is 0 Å². The lowest BCUT2D eigenvalue weighted by molar-refractivity contribution is 0.471. The van der Waals surface area contributed by atoms with Crippen molar-refractivity contribution in [2.45, 2.75) is 39.5 Å². The molecular weight excluding hydrogens is 192 g/mol. The highest BCUT2D eigenvalue weighted by Gasteiger charge is 2.08. The molecule has 0 amide bonds. The molecule has 1 heteroatoms. The summed E-state index contributed by atoms with van der Waals surface area (Å²) in [5.74, 6) is 1.45. The van der Waals surface area contributed by atoms with E-state index < -0.39 is 0 Å². The molecule has 14 heavy (non-hydrogen) atoms. The zero-order valence-electron chi connectivity index (χ0n) is 9.26. The van der Waals surface area contributed by atoms with Crippen LogP contribution in [0.1, 0.15) is 45.1 Å². The fourth-order valence-electron chi connectivity index (χ4n) is 1.70. The van der Waals surface area contributed by atoms with E-state index in [-0.39, 0.29) is 0 Å². The van der Waals surface area contributed by atoms with E-state index in [1.54, 1.807) is 0 Å². The molecule has 0 bridgehead atoms. The number of hydrogen-bond donors (Lipinski definition) is 0. The Morgan fingerprint density at radius 3 is 2.21 bits per heavy atom. The van der Waals surface area contributed by atoms with E-state index in [2.05, 4.69) is 32.9 Å². The van der Waals surface area contributed by atoms with Crippen molar-refractivity contribution in [2.24, 2.45) is 5.92 Å². The molecule has 0 nitrogen and oxygen atoms in total. The maximum Gasteiger partial charge on any atom is 0.0406 e. The Balaban J connectivity index is 2.60. The summed E-state index contributed by atoms with van der Waals surface area (Å²) in [6.07, 6.45) is 2.52. The van der Waals surface area contributed by atoms with Crippen LogP contribution in [-0.2, 0) is 0 Å². The van der Waals surface area contributed by atoms with E-state index in [1.165, 1.54) is 18.4 Å². The minimum absolute atomic E-state index is 0.641. The van der Waals surface area contributed by atoms with Crippen molar-refractivity contribution in [1.82, 2.24) is 0 Å². The average Bonchev–Trinajstić information content (AvgIpc) is 2.18. The minimum atomic E-state index is 0.641. The van der Waals surface area contributed by atoms with Gasteiger partial charge in [0.05, 0.1) is 0 Å². The van der Waals surface area contributed by atoms with Crippen molar-refractivity contribution < 1.29 is 0 Å². The maximum atomic E-state index is 5.85. The highest BCUT2D eigenvalue weighted by molar-refractivity contribution is 6.30. The van der Waals surface area contributed by atoms with Crippen LogP contribution < -0.4 is 0 Å². The molecule has 0 radical (unpaired) electrons. The van der Waals surface area contributed by atoms with Gasteiger partial charge in [-0.05, 0) is 36.0 Å². The lowest BCUT2D eigenvalue weighted by Crippen LogP contribution is -2.00. The summed E-state index contributed by atoms with van der Waals surface area (Å²) in [4.78, 5) is 0. The molecule has 0 aromatic heterocycles. The largest absolute Gasteiger partial charge is 0.0843 e. The molecule has 0 aliphatic heterocycles. The number of rotatable bonds is 4. The van der Waals surface area contributed by atoms with Crippen LogP contribution in [0, 0.1) is 5.92 Å². The van der Waals surface area contributed by atoms with Gasteiger partial charge >= 0.3 is 0 Å². The topological polar surface area (TPSA) is 0 Å². The molecule has 1 aromatic rings. The summed E-state index contributed by atoms with van der Waals surface area (Å²) in [5.41, 5.74) is 1.40. The van der Waals surface area contributed by atoms with E-state index in [9.17, 15) is 0 Å². The van der Waals surface area contributed by atoms with Gasteiger partial charge in [0.15, 0.2) is 0 Å². The summed E-state index contributed by atoms with van der Waals surface area (Å²) in [6, 6.07) is 8.22. The Bertz CT molecular complexity index is 263. The van der Waals surface area contributed by atoms with Crippen molar-refractivity contribution in [3.05, 3.63) is 34.9 Å². The van der Waals surface area contributed by atoms with Crippen LogP contribution in [0.25, 0.3) is 0 Å². The van der Waals surface area contributed by atoms with Gasteiger partial charge in [-0.15, -0.1) is 0 Å². The second-order valence-electron chi connectivity index (χ2n) is 4.20. The molecular formula is C13H19Cl. The van der Waals surface area contributed by atoms with Crippen molar-refractivity contribution >= 4 is 11.6 Å². The average molecular weight is 211 g/mol. The second kappa shape index (κ2) is 5.41. The molecule has 1 rings (SSSR count). The fraction of sp³-hybridized carbons (Fsp3) is 0.538. The van der Waals surface area contributed by atoms with Gasteiger partial charge in [-0.1, -0.05) is 50.9 Å². The standard InChI is InChI=1S/C13H19Cl/c1-4-10(2)9-11(3)12-5-7-13(14)8-6-12/h5-8,10-11H,4,9H2,1-3H3. The van der Waals surface area contributed by atoms with Crippen LogP contribution in [0.4, 0.5) is 0 Å². The molecule has 2 atom stereocenters. The van der Waals surface area contributed by atoms with Crippen LogP contribution in [-0.4, -0.2) is 0 Å². The first kappa shape index (κ1) is 11.6. The SMILES string of the molecule is CCC(C)CC(C)c1ccc(Cl)cc1. The van der Waals surface area contributed by atoms with Gasteiger partial charge in [0.1, 0.15) is 0 Å². The summed E-state index contributed by atoms with van der Waals surface area (Å²) in [5, 5.41) is 0.824. The molecule has 0 saturated heterocycles. The second-order valence-corrected chi connectivity index (χ2v) is 4.64. The minimum Gasteiger partial charge on any atom is -0.0843 e. The molecule has 0 spiro atoms. The molecule has 0 heterocycles. The van der Waals surface area contributed by atoms with Crippen molar-refractivity contribution in [2.75, 3.05) is 0 Å². The van der Waals surface area contributed by atoms with E-state index in [0.717, 1.165) is 10.9 Å². The zero-order valence-corrected chi connectivity index (χ0v) is 10.0. The van der Waals surface area contributed by atoms with Crippen LogP contribution >= 0.6 is 11.6 Å². The highest BCUT2D eigenvalue weighted by Crippen LogP contribution is 2.25. The Kier molecular flexibility index (Phi) is 4.47. The van der Waals surface area contributed by atoms with Gasteiger partial charge in [0.2, 0.25) is 0 Å². The number of benzene rings is 1. The fourth-order valence-corrected chi connectivity index (χ4v) is 1.82. The van der Waals surface area contributed by atoms with E-state index >= 15 is 0 Å². The first-order valence-corrected chi connectivity index (χ1v) is 5.76. The van der Waals surface area contributed by atoms with Gasteiger partial charge in [0.25, 0.3) is 0 Å². The monoisotopic (exact) mass is 210 g/mol. The predicted octanol–water partition coefficient (Wildman–Crippen LogP) is 4.88. The number of halogens is 1. The van der Waals surface area contributed by atoms with Crippen LogP contribution in [0.2, 0.25) is 5.02 Å². The first-order chi connectivity index (χ1) is 6.63. The van der Waals surface area contributed by atoms with Gasteiger partial charge in [0, 0.05) is 5.02 Å². The lowest BCUT2D eigenvalue weighted by Gasteiger charge is -2.16. The maximum absolute atomic E-state index is 5.85. The third kappa shape index (κ3) is 3.34. The molecule has 78 valence electrons. The Morgan fingerprint density at radius 1 is 1.14 bits per heavy atom. The molecule has 2 unspecified atom stereocenters. The third-order valence-electron chi connectivity index (χ3n) is 2.89. The molecule has 0 N–H and O–H groups in total. The molecule has 0 fully saturated rings. The van der Waals surface area contributed by atoms with E-state index in [4.69, 9.17) is 11.6 Å². The van der Waals surface area contributed by atoms with E-state index in [0.29, 0.717) is 5.92 Å². The summed E-state index contributed by atoms with van der Waals surface area (Å²) in [7, 11) is 0. The van der Waals surface area contributed by atoms with Crippen LogP contribution in [0.15, 0.2) is 24.3 Å². The van der Waals surface area contributed by atoms with Crippen LogP contribution in [0.5, 0.6) is 0 Å². The Morgan fingerprint density at radius 2 is 1.71 bits per heavy atom. The van der Waals surface area contributed by atoms with Crippen molar-refractivity contribution in [3.63, 3.8) is 0 Å². The number of hydrogen-bond acceptors (Lipinski definition) is 0. The quantitative estimate of drug-likeness (QED) is 0.665. The molecule has 0 saturated carbocycles. The Hall–Kier alpha value is -0.490. The smallest absolute Gasteiger partial charge is 0.0406 e.